The Balaban J connectivity index is 0. The Hall–Kier alpha value is -0.320. The van der Waals surface area contributed by atoms with E-state index in [1.54, 1.807) is 0 Å². The Morgan fingerprint density at radius 3 is 1.55 bits per heavy atom. The summed E-state index contributed by atoms with van der Waals surface area (Å²) in [5, 5.41) is 18.4. The molecule has 0 bridgehead atoms. The molecule has 11 heavy (non-hydrogen) atoms. The van der Waals surface area contributed by atoms with Crippen molar-refractivity contribution >= 4 is 18.3 Å². The summed E-state index contributed by atoms with van der Waals surface area (Å²) in [5.74, 6) is -0.931. The van der Waals surface area contributed by atoms with Crippen LogP contribution >= 0.6 is 12.4 Å². The van der Waals surface area contributed by atoms with Crippen molar-refractivity contribution < 1.29 is 15.0 Å². The molecule has 1 unspecified atom stereocenters. The van der Waals surface area contributed by atoms with Crippen molar-refractivity contribution in [2.45, 2.75) is 32.0 Å². The highest BCUT2D eigenvalue weighted by Crippen LogP contribution is 2.19. The van der Waals surface area contributed by atoms with Gasteiger partial charge in [0.2, 0.25) is 0 Å². The van der Waals surface area contributed by atoms with Gasteiger partial charge in [-0.05, 0) is 20.8 Å². The normalized spacial score (nSPS) is 16.5. The van der Waals surface area contributed by atoms with Gasteiger partial charge < -0.3 is 15.9 Å². The molecular weight excluding hydrogens is 170 g/mol. The molecule has 0 aliphatic carbocycles. The maximum absolute atomic E-state index is 10.5. The number of halogens is 1. The summed E-state index contributed by atoms with van der Waals surface area (Å²) >= 11 is 0. The van der Waals surface area contributed by atoms with Gasteiger partial charge in [0.05, 0.1) is 5.60 Å². The molecule has 0 aliphatic rings. The summed E-state index contributed by atoms with van der Waals surface area (Å²) in [6, 6.07) is 0. The lowest BCUT2D eigenvalue weighted by molar-refractivity contribution is -0.160. The van der Waals surface area contributed by atoms with Crippen molar-refractivity contribution in [2.75, 3.05) is 0 Å². The average Bonchev–Trinajstić information content (AvgIpc) is 1.62. The topological polar surface area (TPSA) is 83.6 Å². The third-order valence-corrected chi connectivity index (χ3v) is 1.67. The summed E-state index contributed by atoms with van der Waals surface area (Å²) in [6.07, 6.45) is 0. The van der Waals surface area contributed by atoms with Crippen molar-refractivity contribution in [3.05, 3.63) is 0 Å². The molecule has 68 valence electrons. The Morgan fingerprint density at radius 1 is 1.27 bits per heavy atom. The molecule has 0 rings (SSSR count). The first kappa shape index (κ1) is 13.3. The van der Waals surface area contributed by atoms with Gasteiger partial charge in [0.15, 0.2) is 5.60 Å². The number of hydrogen-bond donors (Lipinski definition) is 3. The number of hydrogen-bond acceptors (Lipinski definition) is 3. The first-order chi connectivity index (χ1) is 4.19. The van der Waals surface area contributed by atoms with Crippen molar-refractivity contribution in [1.82, 2.24) is 0 Å². The van der Waals surface area contributed by atoms with Crippen LogP contribution in [-0.2, 0) is 4.79 Å². The minimum Gasteiger partial charge on any atom is -0.387 e. The molecule has 0 aliphatic heterocycles. The van der Waals surface area contributed by atoms with Gasteiger partial charge in [-0.15, -0.1) is 12.4 Å². The second-order valence-corrected chi connectivity index (χ2v) is 3.00. The smallest absolute Gasteiger partial charge is 0.252 e. The van der Waals surface area contributed by atoms with E-state index in [2.05, 4.69) is 0 Å². The molecule has 1 atom stereocenters. The zero-order valence-electron chi connectivity index (χ0n) is 6.79. The maximum Gasteiger partial charge on any atom is 0.252 e. The fourth-order valence-corrected chi connectivity index (χ4v) is 0.301. The van der Waals surface area contributed by atoms with Gasteiger partial charge in [0.1, 0.15) is 0 Å². The summed E-state index contributed by atoms with van der Waals surface area (Å²) in [4.78, 5) is 10.5. The minimum atomic E-state index is -1.87. The predicted octanol–water partition coefficient (Wildman–Crippen LogP) is -0.585. The molecule has 0 fully saturated rings. The number of carbonyl (C=O) groups is 1. The number of primary amides is 1. The van der Waals surface area contributed by atoms with E-state index in [-0.39, 0.29) is 12.4 Å². The molecule has 4 N–H and O–H groups in total. The number of amides is 1. The van der Waals surface area contributed by atoms with Crippen LogP contribution in [0.2, 0.25) is 0 Å². The van der Waals surface area contributed by atoms with Crippen LogP contribution in [-0.4, -0.2) is 27.3 Å². The van der Waals surface area contributed by atoms with Crippen molar-refractivity contribution in [1.29, 1.82) is 0 Å². The van der Waals surface area contributed by atoms with Gasteiger partial charge in [-0.1, -0.05) is 0 Å². The second-order valence-electron chi connectivity index (χ2n) is 3.00. The van der Waals surface area contributed by atoms with Crippen LogP contribution in [0.5, 0.6) is 0 Å². The monoisotopic (exact) mass is 183 g/mol. The molecule has 0 radical (unpaired) electrons. The van der Waals surface area contributed by atoms with Crippen molar-refractivity contribution in [2.24, 2.45) is 5.73 Å². The first-order valence-electron chi connectivity index (χ1n) is 2.94. The third-order valence-electron chi connectivity index (χ3n) is 1.67. The number of rotatable bonds is 2. The number of carbonyl (C=O) groups excluding carboxylic acids is 1. The largest absolute Gasteiger partial charge is 0.387 e. The second kappa shape index (κ2) is 3.38. The van der Waals surface area contributed by atoms with Gasteiger partial charge in [0.25, 0.3) is 5.91 Å². The van der Waals surface area contributed by atoms with E-state index in [9.17, 15) is 9.90 Å². The fourth-order valence-electron chi connectivity index (χ4n) is 0.301. The van der Waals surface area contributed by atoms with Crippen LogP contribution in [0.25, 0.3) is 0 Å². The van der Waals surface area contributed by atoms with E-state index >= 15 is 0 Å². The Kier molecular flexibility index (Phi) is 4.09. The highest BCUT2D eigenvalue weighted by Gasteiger charge is 2.42. The van der Waals surface area contributed by atoms with Crippen LogP contribution in [0.1, 0.15) is 20.8 Å². The molecule has 5 heteroatoms. The molecule has 1 amide bonds. The molecule has 0 aromatic carbocycles. The van der Waals surface area contributed by atoms with Gasteiger partial charge in [-0.3, -0.25) is 4.79 Å². The van der Waals surface area contributed by atoms with Gasteiger partial charge >= 0.3 is 0 Å². The molecule has 4 nitrogen and oxygen atoms in total. The summed E-state index contributed by atoms with van der Waals surface area (Å²) < 4.78 is 0. The van der Waals surface area contributed by atoms with Gasteiger partial charge in [-0.25, -0.2) is 0 Å². The Labute approximate surface area is 71.8 Å². The SMILES string of the molecule is CC(C)(O)C(C)(O)C(N)=O.Cl. The minimum absolute atomic E-state index is 0. The summed E-state index contributed by atoms with van der Waals surface area (Å²) in [7, 11) is 0. The third kappa shape index (κ3) is 2.65. The molecule has 0 saturated carbocycles. The summed E-state index contributed by atoms with van der Waals surface area (Å²) in [6.45, 7) is 3.81. The number of nitrogens with two attached hydrogens (primary N) is 1. The van der Waals surface area contributed by atoms with Crippen LogP contribution in [0.3, 0.4) is 0 Å². The van der Waals surface area contributed by atoms with Crippen LogP contribution < -0.4 is 5.73 Å². The zero-order valence-corrected chi connectivity index (χ0v) is 7.60. The standard InChI is InChI=1S/C6H13NO3.ClH/c1-5(2,9)6(3,10)4(7)8;/h9-10H,1-3H3,(H2,7,8);1H. The Morgan fingerprint density at radius 2 is 1.55 bits per heavy atom. The average molecular weight is 184 g/mol. The molecule has 0 spiro atoms. The molecule has 0 aromatic heterocycles. The zero-order chi connectivity index (χ0) is 8.58. The predicted molar refractivity (Wildman–Crippen MR) is 43.4 cm³/mol. The van der Waals surface area contributed by atoms with E-state index < -0.39 is 17.1 Å². The van der Waals surface area contributed by atoms with E-state index in [1.807, 2.05) is 0 Å². The van der Waals surface area contributed by atoms with E-state index in [0.717, 1.165) is 0 Å². The maximum atomic E-state index is 10.5. The Bertz CT molecular complexity index is 150. The van der Waals surface area contributed by atoms with Crippen molar-refractivity contribution in [3.8, 4) is 0 Å². The van der Waals surface area contributed by atoms with Crippen LogP contribution in [0.4, 0.5) is 0 Å². The van der Waals surface area contributed by atoms with Crippen LogP contribution in [0.15, 0.2) is 0 Å². The lowest BCUT2D eigenvalue weighted by Gasteiger charge is -2.32. The van der Waals surface area contributed by atoms with Crippen LogP contribution in [0, 0.1) is 0 Å². The summed E-state index contributed by atoms with van der Waals surface area (Å²) in [5.41, 5.74) is 1.44. The van der Waals surface area contributed by atoms with Gasteiger partial charge in [0, 0.05) is 0 Å². The highest BCUT2D eigenvalue weighted by molar-refractivity contribution is 5.85. The lowest BCUT2D eigenvalue weighted by Crippen LogP contribution is -2.56. The molecule has 0 heterocycles. The van der Waals surface area contributed by atoms with E-state index in [4.69, 9.17) is 10.8 Å². The fraction of sp³-hybridized carbons (Fsp3) is 0.833. The molecule has 0 saturated heterocycles. The lowest BCUT2D eigenvalue weighted by atomic mass is 9.87. The van der Waals surface area contributed by atoms with Gasteiger partial charge in [-0.2, -0.15) is 0 Å². The quantitative estimate of drug-likeness (QED) is 0.536. The first-order valence-corrected chi connectivity index (χ1v) is 2.94. The van der Waals surface area contributed by atoms with E-state index in [0.29, 0.717) is 0 Å². The molecule has 0 aromatic rings. The highest BCUT2D eigenvalue weighted by atomic mass is 35.5. The van der Waals surface area contributed by atoms with E-state index in [1.165, 1.54) is 20.8 Å². The molecular formula is C6H14ClNO3. The van der Waals surface area contributed by atoms with Crippen molar-refractivity contribution in [3.63, 3.8) is 0 Å². The number of aliphatic hydroxyl groups is 2.